The van der Waals surface area contributed by atoms with Gasteiger partial charge in [-0.1, -0.05) is 18.2 Å². The van der Waals surface area contributed by atoms with Crippen LogP contribution in [0.15, 0.2) is 54.6 Å². The van der Waals surface area contributed by atoms with Crippen LogP contribution in [0, 0.1) is 0 Å². The van der Waals surface area contributed by atoms with Gasteiger partial charge in [-0.15, -0.1) is 0 Å². The number of nitrogens with one attached hydrogen (secondary N) is 1. The SMILES string of the molecule is COC(=O)CC(=O)Nc1ccc(Oc2ccccc2)cc1. The summed E-state index contributed by atoms with van der Waals surface area (Å²) >= 11 is 0. The van der Waals surface area contributed by atoms with Gasteiger partial charge >= 0.3 is 5.97 Å². The summed E-state index contributed by atoms with van der Waals surface area (Å²) in [5, 5.41) is 2.60. The molecule has 0 unspecified atom stereocenters. The molecule has 0 radical (unpaired) electrons. The summed E-state index contributed by atoms with van der Waals surface area (Å²) in [7, 11) is 1.24. The van der Waals surface area contributed by atoms with E-state index in [0.29, 0.717) is 11.4 Å². The summed E-state index contributed by atoms with van der Waals surface area (Å²) in [4.78, 5) is 22.5. The predicted octanol–water partition coefficient (Wildman–Crippen LogP) is 2.98. The van der Waals surface area contributed by atoms with Crippen LogP contribution >= 0.6 is 0 Å². The maximum atomic E-state index is 11.5. The van der Waals surface area contributed by atoms with Crippen molar-refractivity contribution in [2.75, 3.05) is 12.4 Å². The van der Waals surface area contributed by atoms with Crippen LogP contribution in [0.5, 0.6) is 11.5 Å². The summed E-state index contributed by atoms with van der Waals surface area (Å²) < 4.78 is 10.1. The van der Waals surface area contributed by atoms with Gasteiger partial charge < -0.3 is 14.8 Å². The van der Waals surface area contributed by atoms with Crippen molar-refractivity contribution >= 4 is 17.6 Å². The van der Waals surface area contributed by atoms with E-state index in [0.717, 1.165) is 5.75 Å². The average Bonchev–Trinajstić information content (AvgIpc) is 2.50. The minimum absolute atomic E-state index is 0.307. The van der Waals surface area contributed by atoms with Crippen molar-refractivity contribution in [1.82, 2.24) is 0 Å². The minimum Gasteiger partial charge on any atom is -0.469 e. The number of ether oxygens (including phenoxy) is 2. The normalized spacial score (nSPS) is 9.76. The smallest absolute Gasteiger partial charge is 0.315 e. The van der Waals surface area contributed by atoms with E-state index in [1.807, 2.05) is 30.3 Å². The second kappa shape index (κ2) is 7.09. The summed E-state index contributed by atoms with van der Waals surface area (Å²) in [6.45, 7) is 0. The maximum Gasteiger partial charge on any atom is 0.315 e. The van der Waals surface area contributed by atoms with Crippen molar-refractivity contribution < 1.29 is 19.1 Å². The van der Waals surface area contributed by atoms with E-state index >= 15 is 0 Å². The number of benzene rings is 2. The van der Waals surface area contributed by atoms with Gasteiger partial charge in [0.2, 0.25) is 5.91 Å². The minimum atomic E-state index is -0.573. The molecule has 0 bridgehead atoms. The molecule has 5 heteroatoms. The molecule has 0 atom stereocenters. The van der Waals surface area contributed by atoms with E-state index in [4.69, 9.17) is 4.74 Å². The number of carbonyl (C=O) groups is 2. The molecule has 0 heterocycles. The van der Waals surface area contributed by atoms with Crippen LogP contribution in [0.2, 0.25) is 0 Å². The lowest BCUT2D eigenvalue weighted by Crippen LogP contribution is -2.17. The Labute approximate surface area is 122 Å². The van der Waals surface area contributed by atoms with Gasteiger partial charge in [0.25, 0.3) is 0 Å². The van der Waals surface area contributed by atoms with Crippen LogP contribution in [0.4, 0.5) is 5.69 Å². The Kier molecular flexibility index (Phi) is 4.93. The molecular formula is C16H15NO4. The van der Waals surface area contributed by atoms with E-state index < -0.39 is 11.9 Å². The molecule has 2 aromatic rings. The van der Waals surface area contributed by atoms with Crippen LogP contribution in [0.25, 0.3) is 0 Å². The highest BCUT2D eigenvalue weighted by molar-refractivity contribution is 6.01. The topological polar surface area (TPSA) is 64.6 Å². The van der Waals surface area contributed by atoms with Crippen LogP contribution < -0.4 is 10.1 Å². The number of rotatable bonds is 5. The highest BCUT2D eigenvalue weighted by atomic mass is 16.5. The lowest BCUT2D eigenvalue weighted by Gasteiger charge is -2.07. The summed E-state index contributed by atoms with van der Waals surface area (Å²) in [5.41, 5.74) is 0.587. The van der Waals surface area contributed by atoms with E-state index in [1.165, 1.54) is 7.11 Å². The average molecular weight is 285 g/mol. The molecule has 0 fully saturated rings. The summed E-state index contributed by atoms with van der Waals surface area (Å²) in [6.07, 6.45) is -0.307. The van der Waals surface area contributed by atoms with Crippen molar-refractivity contribution in [3.8, 4) is 11.5 Å². The summed E-state index contributed by atoms with van der Waals surface area (Å²) in [5.74, 6) is 0.405. The number of carbonyl (C=O) groups excluding carboxylic acids is 2. The Bertz CT molecular complexity index is 608. The molecule has 2 aromatic carbocycles. The van der Waals surface area contributed by atoms with Crippen LogP contribution in [0.1, 0.15) is 6.42 Å². The molecule has 0 aliphatic carbocycles. The molecule has 0 aliphatic heterocycles. The standard InChI is InChI=1S/C16H15NO4/c1-20-16(19)11-15(18)17-12-7-9-14(10-8-12)21-13-5-3-2-4-6-13/h2-10H,11H2,1H3,(H,17,18). The van der Waals surface area contributed by atoms with E-state index in [-0.39, 0.29) is 6.42 Å². The van der Waals surface area contributed by atoms with Gasteiger partial charge in [-0.25, -0.2) is 0 Å². The predicted molar refractivity (Wildman–Crippen MR) is 78.2 cm³/mol. The van der Waals surface area contributed by atoms with Crippen molar-refractivity contribution in [2.24, 2.45) is 0 Å². The fraction of sp³-hybridized carbons (Fsp3) is 0.125. The zero-order valence-corrected chi connectivity index (χ0v) is 11.5. The van der Waals surface area contributed by atoms with E-state index in [9.17, 15) is 9.59 Å². The number of hydrogen-bond acceptors (Lipinski definition) is 4. The van der Waals surface area contributed by atoms with E-state index in [1.54, 1.807) is 24.3 Å². The molecule has 0 aromatic heterocycles. The zero-order valence-electron chi connectivity index (χ0n) is 11.5. The molecule has 0 aliphatic rings. The number of anilines is 1. The lowest BCUT2D eigenvalue weighted by atomic mass is 10.3. The third-order valence-electron chi connectivity index (χ3n) is 2.65. The third-order valence-corrected chi connectivity index (χ3v) is 2.65. The van der Waals surface area contributed by atoms with Crippen molar-refractivity contribution in [2.45, 2.75) is 6.42 Å². The first-order valence-corrected chi connectivity index (χ1v) is 6.37. The van der Waals surface area contributed by atoms with Gasteiger partial charge in [0.15, 0.2) is 0 Å². The van der Waals surface area contributed by atoms with Gasteiger partial charge in [0, 0.05) is 5.69 Å². The second-order valence-corrected chi connectivity index (χ2v) is 4.24. The monoisotopic (exact) mass is 285 g/mol. The highest BCUT2D eigenvalue weighted by Crippen LogP contribution is 2.22. The van der Waals surface area contributed by atoms with Gasteiger partial charge in [-0.2, -0.15) is 0 Å². The molecule has 0 saturated carbocycles. The quantitative estimate of drug-likeness (QED) is 0.677. The number of esters is 1. The Balaban J connectivity index is 1.93. The number of methoxy groups -OCH3 is 1. The van der Waals surface area contributed by atoms with Crippen molar-refractivity contribution in [3.63, 3.8) is 0 Å². The molecular weight excluding hydrogens is 270 g/mol. The number of para-hydroxylation sites is 1. The molecule has 1 amide bonds. The van der Waals surface area contributed by atoms with Crippen molar-refractivity contribution in [1.29, 1.82) is 0 Å². The Morgan fingerprint density at radius 1 is 0.952 bits per heavy atom. The molecule has 0 saturated heterocycles. The van der Waals surface area contributed by atoms with Crippen LogP contribution in [-0.2, 0) is 14.3 Å². The Morgan fingerprint density at radius 3 is 2.19 bits per heavy atom. The first-order chi connectivity index (χ1) is 10.2. The third kappa shape index (κ3) is 4.65. The molecule has 21 heavy (non-hydrogen) atoms. The molecule has 2 rings (SSSR count). The van der Waals surface area contributed by atoms with Gasteiger partial charge in [0.05, 0.1) is 7.11 Å². The second-order valence-electron chi connectivity index (χ2n) is 4.24. The fourth-order valence-electron chi connectivity index (χ4n) is 1.64. The van der Waals surface area contributed by atoms with E-state index in [2.05, 4.69) is 10.1 Å². The van der Waals surface area contributed by atoms with Crippen molar-refractivity contribution in [3.05, 3.63) is 54.6 Å². The van der Waals surface area contributed by atoms with Gasteiger partial charge in [-0.3, -0.25) is 9.59 Å². The Morgan fingerprint density at radius 2 is 1.57 bits per heavy atom. The maximum absolute atomic E-state index is 11.5. The first-order valence-electron chi connectivity index (χ1n) is 6.37. The number of hydrogen-bond donors (Lipinski definition) is 1. The van der Waals surface area contributed by atoms with Gasteiger partial charge in [-0.05, 0) is 36.4 Å². The van der Waals surface area contributed by atoms with Crippen LogP contribution in [-0.4, -0.2) is 19.0 Å². The van der Waals surface area contributed by atoms with Crippen LogP contribution in [0.3, 0.4) is 0 Å². The largest absolute Gasteiger partial charge is 0.469 e. The van der Waals surface area contributed by atoms with Gasteiger partial charge in [0.1, 0.15) is 17.9 Å². The molecule has 1 N–H and O–H groups in total. The lowest BCUT2D eigenvalue weighted by molar-refractivity contribution is -0.142. The Hall–Kier alpha value is -2.82. The zero-order chi connectivity index (χ0) is 15.1. The fourth-order valence-corrected chi connectivity index (χ4v) is 1.64. The molecule has 108 valence electrons. The highest BCUT2D eigenvalue weighted by Gasteiger charge is 2.09. The molecule has 5 nitrogen and oxygen atoms in total. The molecule has 0 spiro atoms. The number of amides is 1. The first kappa shape index (κ1) is 14.6. The summed E-state index contributed by atoms with van der Waals surface area (Å²) in [6, 6.07) is 16.3.